The summed E-state index contributed by atoms with van der Waals surface area (Å²) in [5.74, 6) is 0. The highest BCUT2D eigenvalue weighted by molar-refractivity contribution is 5.20. The van der Waals surface area contributed by atoms with Crippen molar-refractivity contribution in [3.05, 3.63) is 23.8 Å². The molecule has 0 N–H and O–H groups in total. The third-order valence-corrected chi connectivity index (χ3v) is 2.90. The lowest BCUT2D eigenvalue weighted by molar-refractivity contribution is 0.329. The second kappa shape index (κ2) is 2.54. The third kappa shape index (κ3) is 1.11. The zero-order valence-electron chi connectivity index (χ0n) is 7.67. The van der Waals surface area contributed by atoms with Crippen LogP contribution < -0.4 is 0 Å². The fourth-order valence-corrected chi connectivity index (χ4v) is 1.81. The minimum Gasteiger partial charge on any atom is -0.258 e. The highest BCUT2D eigenvalue weighted by Crippen LogP contribution is 2.36. The zero-order valence-corrected chi connectivity index (χ0v) is 7.67. The highest BCUT2D eigenvalue weighted by atomic mass is 14.8. The van der Waals surface area contributed by atoms with Gasteiger partial charge < -0.3 is 0 Å². The summed E-state index contributed by atoms with van der Waals surface area (Å²) in [5.41, 5.74) is 2.84. The van der Waals surface area contributed by atoms with Crippen LogP contribution in [-0.2, 0) is 12.8 Å². The Morgan fingerprint density at radius 2 is 1.75 bits per heavy atom. The molecule has 2 heteroatoms. The maximum absolute atomic E-state index is 4.34. The summed E-state index contributed by atoms with van der Waals surface area (Å²) in [6.45, 7) is 4.56. The van der Waals surface area contributed by atoms with Gasteiger partial charge in [-0.25, -0.2) is 0 Å². The van der Waals surface area contributed by atoms with Crippen LogP contribution >= 0.6 is 0 Å². The molecule has 0 spiro atoms. The topological polar surface area (TPSA) is 25.8 Å². The minimum absolute atomic E-state index is 0.420. The van der Waals surface area contributed by atoms with Crippen molar-refractivity contribution in [1.29, 1.82) is 0 Å². The van der Waals surface area contributed by atoms with Gasteiger partial charge in [0.1, 0.15) is 0 Å². The molecule has 0 fully saturated rings. The van der Waals surface area contributed by atoms with E-state index in [1.165, 1.54) is 17.8 Å². The first-order valence-corrected chi connectivity index (χ1v) is 4.52. The molecule has 0 aliphatic heterocycles. The zero-order chi connectivity index (χ0) is 8.60. The molecular formula is C10H14N2. The van der Waals surface area contributed by atoms with Gasteiger partial charge in [0.25, 0.3) is 0 Å². The van der Waals surface area contributed by atoms with E-state index < -0.39 is 0 Å². The Morgan fingerprint density at radius 3 is 2.17 bits per heavy atom. The van der Waals surface area contributed by atoms with E-state index >= 15 is 0 Å². The molecule has 1 aliphatic rings. The van der Waals surface area contributed by atoms with Crippen molar-refractivity contribution in [1.82, 2.24) is 9.97 Å². The van der Waals surface area contributed by atoms with E-state index in [0.29, 0.717) is 5.41 Å². The Labute approximate surface area is 73.1 Å². The lowest BCUT2D eigenvalue weighted by Gasteiger charge is -2.19. The van der Waals surface area contributed by atoms with Crippen molar-refractivity contribution < 1.29 is 0 Å². The van der Waals surface area contributed by atoms with E-state index in [0.717, 1.165) is 12.8 Å². The van der Waals surface area contributed by atoms with Crippen LogP contribution in [-0.4, -0.2) is 9.97 Å². The van der Waals surface area contributed by atoms with Crippen LogP contribution in [0.15, 0.2) is 12.4 Å². The number of rotatable bonds is 1. The summed E-state index contributed by atoms with van der Waals surface area (Å²) in [4.78, 5) is 8.68. The van der Waals surface area contributed by atoms with E-state index in [1.54, 1.807) is 12.4 Å². The molecule has 64 valence electrons. The fraction of sp³-hybridized carbons (Fsp3) is 0.600. The molecule has 0 radical (unpaired) electrons. The normalized spacial score (nSPS) is 19.2. The van der Waals surface area contributed by atoms with Gasteiger partial charge in [-0.1, -0.05) is 13.8 Å². The molecule has 0 atom stereocenters. The molecule has 0 amide bonds. The minimum atomic E-state index is 0.420. The molecule has 0 unspecified atom stereocenters. The first kappa shape index (κ1) is 7.71. The van der Waals surface area contributed by atoms with Crippen molar-refractivity contribution in [3.63, 3.8) is 0 Å². The molecule has 1 heterocycles. The Balaban J connectivity index is 2.33. The van der Waals surface area contributed by atoms with E-state index in [4.69, 9.17) is 0 Å². The lowest BCUT2D eigenvalue weighted by atomic mass is 9.85. The summed E-state index contributed by atoms with van der Waals surface area (Å²) < 4.78 is 0. The summed E-state index contributed by atoms with van der Waals surface area (Å²) in [6, 6.07) is 0. The second-order valence-electron chi connectivity index (χ2n) is 3.97. The SMILES string of the molecule is CCC1(C)Cc2nccnc2C1. The average Bonchev–Trinajstić information content (AvgIpc) is 2.42. The van der Waals surface area contributed by atoms with Crippen LogP contribution in [0.1, 0.15) is 31.7 Å². The Hall–Kier alpha value is -0.920. The second-order valence-corrected chi connectivity index (χ2v) is 3.97. The predicted molar refractivity (Wildman–Crippen MR) is 47.8 cm³/mol. The Morgan fingerprint density at radius 1 is 1.25 bits per heavy atom. The van der Waals surface area contributed by atoms with Gasteiger partial charge in [0, 0.05) is 12.4 Å². The summed E-state index contributed by atoms with van der Waals surface area (Å²) in [7, 11) is 0. The van der Waals surface area contributed by atoms with Crippen molar-refractivity contribution in [2.45, 2.75) is 33.1 Å². The van der Waals surface area contributed by atoms with E-state index in [9.17, 15) is 0 Å². The van der Waals surface area contributed by atoms with Crippen LogP contribution in [0, 0.1) is 5.41 Å². The fourth-order valence-electron chi connectivity index (χ4n) is 1.81. The Kier molecular flexibility index (Phi) is 1.63. The molecule has 2 nitrogen and oxygen atoms in total. The predicted octanol–water partition coefficient (Wildman–Crippen LogP) is 1.99. The van der Waals surface area contributed by atoms with Gasteiger partial charge in [0.15, 0.2) is 0 Å². The van der Waals surface area contributed by atoms with Crippen molar-refractivity contribution in [2.24, 2.45) is 5.41 Å². The lowest BCUT2D eigenvalue weighted by Crippen LogP contribution is -2.14. The maximum Gasteiger partial charge on any atom is 0.0624 e. The van der Waals surface area contributed by atoms with Gasteiger partial charge in [0.2, 0.25) is 0 Å². The number of hydrogen-bond acceptors (Lipinski definition) is 2. The maximum atomic E-state index is 4.34. The average molecular weight is 162 g/mol. The van der Waals surface area contributed by atoms with E-state index in [1.807, 2.05) is 0 Å². The van der Waals surface area contributed by atoms with E-state index in [-0.39, 0.29) is 0 Å². The quantitative estimate of drug-likeness (QED) is 0.631. The first-order chi connectivity index (χ1) is 5.73. The summed E-state index contributed by atoms with van der Waals surface area (Å²) in [6.07, 6.45) is 7.00. The van der Waals surface area contributed by atoms with Gasteiger partial charge in [0.05, 0.1) is 11.4 Å². The molecule has 12 heavy (non-hydrogen) atoms. The van der Waals surface area contributed by atoms with Crippen LogP contribution in [0.3, 0.4) is 0 Å². The monoisotopic (exact) mass is 162 g/mol. The van der Waals surface area contributed by atoms with Crippen LogP contribution in [0.5, 0.6) is 0 Å². The van der Waals surface area contributed by atoms with Gasteiger partial charge >= 0.3 is 0 Å². The van der Waals surface area contributed by atoms with Crippen molar-refractivity contribution in [2.75, 3.05) is 0 Å². The number of hydrogen-bond donors (Lipinski definition) is 0. The van der Waals surface area contributed by atoms with Gasteiger partial charge in [-0.2, -0.15) is 0 Å². The van der Waals surface area contributed by atoms with Gasteiger partial charge in [-0.3, -0.25) is 9.97 Å². The van der Waals surface area contributed by atoms with Crippen molar-refractivity contribution in [3.8, 4) is 0 Å². The largest absolute Gasteiger partial charge is 0.258 e. The molecule has 1 aromatic rings. The third-order valence-electron chi connectivity index (χ3n) is 2.90. The Bertz CT molecular complexity index is 269. The molecule has 0 saturated heterocycles. The number of nitrogens with zero attached hydrogens (tertiary/aromatic N) is 2. The number of aromatic nitrogens is 2. The van der Waals surface area contributed by atoms with Crippen molar-refractivity contribution >= 4 is 0 Å². The molecule has 0 saturated carbocycles. The standard InChI is InChI=1S/C10H14N2/c1-3-10(2)6-8-9(7-10)12-5-4-11-8/h4-5H,3,6-7H2,1-2H3. The molecule has 1 aromatic heterocycles. The van der Waals surface area contributed by atoms with Crippen LogP contribution in [0.2, 0.25) is 0 Å². The molecule has 1 aliphatic carbocycles. The van der Waals surface area contributed by atoms with Crippen LogP contribution in [0.4, 0.5) is 0 Å². The smallest absolute Gasteiger partial charge is 0.0624 e. The van der Waals surface area contributed by atoms with E-state index in [2.05, 4.69) is 23.8 Å². The highest BCUT2D eigenvalue weighted by Gasteiger charge is 2.32. The molecule has 0 aromatic carbocycles. The molecule has 0 bridgehead atoms. The van der Waals surface area contributed by atoms with Gasteiger partial charge in [-0.15, -0.1) is 0 Å². The summed E-state index contributed by atoms with van der Waals surface area (Å²) in [5, 5.41) is 0. The first-order valence-electron chi connectivity index (χ1n) is 4.52. The summed E-state index contributed by atoms with van der Waals surface area (Å²) >= 11 is 0. The number of fused-ring (bicyclic) bond motifs is 1. The van der Waals surface area contributed by atoms with Gasteiger partial charge in [-0.05, 0) is 24.7 Å². The molecule has 2 rings (SSSR count). The van der Waals surface area contributed by atoms with Crippen LogP contribution in [0.25, 0.3) is 0 Å². The molecular weight excluding hydrogens is 148 g/mol.